The van der Waals surface area contributed by atoms with Crippen molar-refractivity contribution in [3.63, 3.8) is 0 Å². The van der Waals surface area contributed by atoms with Crippen LogP contribution in [0.5, 0.6) is 0 Å². The second-order valence-corrected chi connectivity index (χ2v) is 5.00. The Balaban J connectivity index is 2.69. The molecule has 0 aliphatic carbocycles. The normalized spacial score (nSPS) is 11.5. The van der Waals surface area contributed by atoms with Gasteiger partial charge < -0.3 is 5.32 Å². The van der Waals surface area contributed by atoms with Gasteiger partial charge in [-0.1, -0.05) is 37.6 Å². The lowest BCUT2D eigenvalue weighted by Crippen LogP contribution is -1.95. The summed E-state index contributed by atoms with van der Waals surface area (Å²) >= 11 is 0. The first-order chi connectivity index (χ1) is 7.99. The number of anilines is 1. The van der Waals surface area contributed by atoms with E-state index in [2.05, 4.69) is 76.4 Å². The summed E-state index contributed by atoms with van der Waals surface area (Å²) in [7, 11) is 0. The predicted octanol–water partition coefficient (Wildman–Crippen LogP) is 5.09. The van der Waals surface area contributed by atoms with Crippen molar-refractivity contribution < 1.29 is 0 Å². The van der Waals surface area contributed by atoms with Crippen molar-refractivity contribution in [3.8, 4) is 0 Å². The largest absolute Gasteiger partial charge is 0.359 e. The molecule has 0 unspecified atom stereocenters. The van der Waals surface area contributed by atoms with E-state index >= 15 is 0 Å². The lowest BCUT2D eigenvalue weighted by molar-refractivity contribution is 0.867. The van der Waals surface area contributed by atoms with Gasteiger partial charge in [-0.25, -0.2) is 0 Å². The molecule has 0 atom stereocenters. The summed E-state index contributed by atoms with van der Waals surface area (Å²) in [5, 5.41) is 3.38. The summed E-state index contributed by atoms with van der Waals surface area (Å²) in [6, 6.07) is 8.63. The number of benzene rings is 1. The van der Waals surface area contributed by atoms with E-state index in [0.717, 1.165) is 11.4 Å². The highest BCUT2D eigenvalue weighted by Gasteiger charge is 1.98. The number of hydrogen-bond acceptors (Lipinski definition) is 1. The van der Waals surface area contributed by atoms with Gasteiger partial charge in [0, 0.05) is 11.4 Å². The van der Waals surface area contributed by atoms with Crippen LogP contribution < -0.4 is 5.32 Å². The monoisotopic (exact) mass is 229 g/mol. The standard InChI is InChI=1S/C16H23N/c1-12(2)6-7-14(5)17-16-10-8-15(9-11-16)13(3)4/h6-11,13,17H,1-5H3/b14-7+. The Labute approximate surface area is 105 Å². The quantitative estimate of drug-likeness (QED) is 0.709. The van der Waals surface area contributed by atoms with Gasteiger partial charge in [0.05, 0.1) is 0 Å². The van der Waals surface area contributed by atoms with Crippen molar-refractivity contribution in [1.82, 2.24) is 0 Å². The average molecular weight is 229 g/mol. The fraction of sp³-hybridized carbons (Fsp3) is 0.375. The number of hydrogen-bond donors (Lipinski definition) is 1. The van der Waals surface area contributed by atoms with E-state index in [1.165, 1.54) is 11.1 Å². The number of rotatable bonds is 4. The summed E-state index contributed by atoms with van der Waals surface area (Å²) < 4.78 is 0. The molecule has 17 heavy (non-hydrogen) atoms. The van der Waals surface area contributed by atoms with Crippen molar-refractivity contribution in [2.45, 2.75) is 40.5 Å². The maximum atomic E-state index is 3.38. The summed E-state index contributed by atoms with van der Waals surface area (Å²) in [5.74, 6) is 0.589. The van der Waals surface area contributed by atoms with Gasteiger partial charge >= 0.3 is 0 Å². The Morgan fingerprint density at radius 3 is 2.06 bits per heavy atom. The minimum absolute atomic E-state index is 0.589. The Kier molecular flexibility index (Phi) is 5.02. The first-order valence-electron chi connectivity index (χ1n) is 6.18. The van der Waals surface area contributed by atoms with E-state index in [1.807, 2.05) is 0 Å². The highest BCUT2D eigenvalue weighted by Crippen LogP contribution is 2.18. The van der Waals surface area contributed by atoms with Crippen LogP contribution in [0, 0.1) is 0 Å². The second kappa shape index (κ2) is 6.29. The fourth-order valence-electron chi connectivity index (χ4n) is 1.51. The Hall–Kier alpha value is -1.50. The Morgan fingerprint density at radius 2 is 1.59 bits per heavy atom. The van der Waals surface area contributed by atoms with Crippen LogP contribution in [0.15, 0.2) is 47.7 Å². The average Bonchev–Trinajstić information content (AvgIpc) is 2.27. The molecule has 1 nitrogen and oxygen atoms in total. The fourth-order valence-corrected chi connectivity index (χ4v) is 1.51. The van der Waals surface area contributed by atoms with Gasteiger partial charge in [-0.15, -0.1) is 0 Å². The number of allylic oxidation sites excluding steroid dienone is 4. The van der Waals surface area contributed by atoms with Crippen LogP contribution in [0.3, 0.4) is 0 Å². The first-order valence-corrected chi connectivity index (χ1v) is 6.18. The molecular formula is C16H23N. The predicted molar refractivity (Wildman–Crippen MR) is 77.3 cm³/mol. The maximum Gasteiger partial charge on any atom is 0.0381 e. The van der Waals surface area contributed by atoms with Gasteiger partial charge in [0.1, 0.15) is 0 Å². The number of nitrogens with one attached hydrogen (secondary N) is 1. The van der Waals surface area contributed by atoms with Gasteiger partial charge in [-0.3, -0.25) is 0 Å². The molecule has 1 aromatic carbocycles. The molecule has 0 radical (unpaired) electrons. The summed E-state index contributed by atoms with van der Waals surface area (Å²) in [5.41, 5.74) is 4.98. The van der Waals surface area contributed by atoms with Gasteiger partial charge in [-0.2, -0.15) is 0 Å². The summed E-state index contributed by atoms with van der Waals surface area (Å²) in [6.07, 6.45) is 4.22. The van der Waals surface area contributed by atoms with Gasteiger partial charge in [0.25, 0.3) is 0 Å². The van der Waals surface area contributed by atoms with E-state index in [1.54, 1.807) is 0 Å². The van der Waals surface area contributed by atoms with Crippen LogP contribution in [0.1, 0.15) is 46.1 Å². The van der Waals surface area contributed by atoms with E-state index < -0.39 is 0 Å². The zero-order valence-electron chi connectivity index (χ0n) is 11.5. The summed E-state index contributed by atoms with van der Waals surface area (Å²) in [6.45, 7) is 10.7. The Bertz CT molecular complexity index is 404. The topological polar surface area (TPSA) is 12.0 Å². The van der Waals surface area contributed by atoms with Crippen LogP contribution in [-0.2, 0) is 0 Å². The van der Waals surface area contributed by atoms with Crippen molar-refractivity contribution in [2.24, 2.45) is 0 Å². The van der Waals surface area contributed by atoms with E-state index in [0.29, 0.717) is 5.92 Å². The molecule has 0 amide bonds. The van der Waals surface area contributed by atoms with Crippen LogP contribution in [0.4, 0.5) is 5.69 Å². The van der Waals surface area contributed by atoms with Crippen molar-refractivity contribution in [2.75, 3.05) is 5.32 Å². The molecule has 0 bridgehead atoms. The second-order valence-electron chi connectivity index (χ2n) is 5.00. The molecule has 1 N–H and O–H groups in total. The third kappa shape index (κ3) is 4.90. The minimum Gasteiger partial charge on any atom is -0.359 e. The van der Waals surface area contributed by atoms with Crippen LogP contribution in [0.2, 0.25) is 0 Å². The molecule has 0 heterocycles. The highest BCUT2D eigenvalue weighted by atomic mass is 14.9. The minimum atomic E-state index is 0.589. The molecule has 0 fully saturated rings. The molecule has 0 aromatic heterocycles. The molecule has 0 aliphatic rings. The lowest BCUT2D eigenvalue weighted by Gasteiger charge is -2.09. The van der Waals surface area contributed by atoms with Gasteiger partial charge in [0.15, 0.2) is 0 Å². The third-order valence-corrected chi connectivity index (χ3v) is 2.59. The molecule has 1 rings (SSSR count). The van der Waals surface area contributed by atoms with Crippen LogP contribution in [-0.4, -0.2) is 0 Å². The third-order valence-electron chi connectivity index (χ3n) is 2.59. The van der Waals surface area contributed by atoms with Gasteiger partial charge in [0.2, 0.25) is 0 Å². The molecule has 92 valence electrons. The van der Waals surface area contributed by atoms with Crippen LogP contribution in [0.25, 0.3) is 0 Å². The Morgan fingerprint density at radius 1 is 1.00 bits per heavy atom. The SMILES string of the molecule is CC(C)=C/C=C(\C)Nc1ccc(C(C)C)cc1. The van der Waals surface area contributed by atoms with Gasteiger partial charge in [-0.05, 0) is 50.5 Å². The molecular weight excluding hydrogens is 206 g/mol. The van der Waals surface area contributed by atoms with E-state index in [9.17, 15) is 0 Å². The maximum absolute atomic E-state index is 3.38. The van der Waals surface area contributed by atoms with Crippen molar-refractivity contribution >= 4 is 5.69 Å². The molecule has 0 spiro atoms. The van der Waals surface area contributed by atoms with Crippen molar-refractivity contribution in [3.05, 3.63) is 53.3 Å². The van der Waals surface area contributed by atoms with E-state index in [-0.39, 0.29) is 0 Å². The first kappa shape index (κ1) is 13.6. The smallest absolute Gasteiger partial charge is 0.0381 e. The molecule has 0 saturated carbocycles. The van der Waals surface area contributed by atoms with E-state index in [4.69, 9.17) is 0 Å². The molecule has 0 aliphatic heterocycles. The van der Waals surface area contributed by atoms with Crippen molar-refractivity contribution in [1.29, 1.82) is 0 Å². The zero-order chi connectivity index (χ0) is 12.8. The van der Waals surface area contributed by atoms with Crippen LogP contribution >= 0.6 is 0 Å². The lowest BCUT2D eigenvalue weighted by atomic mass is 10.0. The highest BCUT2D eigenvalue weighted by molar-refractivity contribution is 5.49. The zero-order valence-corrected chi connectivity index (χ0v) is 11.5. The molecule has 1 heteroatoms. The summed E-state index contributed by atoms with van der Waals surface area (Å²) in [4.78, 5) is 0. The molecule has 1 aromatic rings. The molecule has 0 saturated heterocycles.